The highest BCUT2D eigenvalue weighted by Gasteiger charge is 2.79. The van der Waals surface area contributed by atoms with Crippen molar-refractivity contribution in [2.75, 3.05) is 20.7 Å². The average Bonchev–Trinajstić information content (AvgIpc) is 3.33. The molecule has 1 aliphatic heterocycles. The minimum Gasteiger partial charge on any atom is -0.456 e. The topological polar surface area (TPSA) is 212 Å². The molecule has 78 heavy (non-hydrogen) atoms. The smallest absolute Gasteiger partial charge is 0.410 e. The van der Waals surface area contributed by atoms with Crippen LogP contribution < -0.4 is 5.32 Å². The zero-order valence-electron chi connectivity index (χ0n) is 50.7. The van der Waals surface area contributed by atoms with Crippen molar-refractivity contribution in [2.45, 2.75) is 239 Å². The Labute approximate surface area is 466 Å². The van der Waals surface area contributed by atoms with E-state index in [2.05, 4.69) is 67.6 Å². The van der Waals surface area contributed by atoms with Gasteiger partial charge in [-0.1, -0.05) is 106 Å². The van der Waals surface area contributed by atoms with E-state index in [0.717, 1.165) is 5.57 Å². The maximum absolute atomic E-state index is 16.8. The number of Topliss-reactive ketones (excluding diaryl/α,β-unsaturated/α-hetero) is 1. The quantitative estimate of drug-likeness (QED) is 0.0571. The van der Waals surface area contributed by atoms with E-state index in [-0.39, 0.29) is 40.8 Å². The fourth-order valence-electron chi connectivity index (χ4n) is 13.6. The predicted molar refractivity (Wildman–Crippen MR) is 302 cm³/mol. The molecule has 11 atom stereocenters. The van der Waals surface area contributed by atoms with Crippen LogP contribution in [0, 0.1) is 16.7 Å². The number of rotatable bonds is 19. The maximum atomic E-state index is 16.8. The Kier molecular flexibility index (Phi) is 19.8. The molecule has 3 aliphatic carbocycles. The van der Waals surface area contributed by atoms with Gasteiger partial charge in [-0.3, -0.25) is 9.59 Å². The standard InChI is InChI=1S/C59H94N2O15Si2/c1-22-77(23-2,24-3)75-43-31-44-58(33-69-44,73-39(13)62)48-50(72-51(64)40-28-26-25-27-29-40)59(68)32-42(38(12)45(56(59,17)18)47(49(63)57(43,48)19)71-54(67)61(20)21)70-52(65)46(76-78(35(6)7,36(8)9)37(10)11)41(30-34(4)5)60-53(66)74-55(14,15)16/h25-30,35-37,41-44,46-48,50,68H,22-24,31-33H2,1-21H3,(H,60,66)/t41-,42-,43-,44+,46+,47+,48-,50-,57+,58-,59+/m0/s1. The molecule has 2 N–H and O–H groups in total. The average molecular weight is 1130 g/mol. The lowest BCUT2D eigenvalue weighted by atomic mass is 9.44. The van der Waals surface area contributed by atoms with Crippen molar-refractivity contribution in [2.24, 2.45) is 16.7 Å². The number of aliphatic hydroxyl groups is 1. The number of allylic oxidation sites excluding steroid dienone is 1. The van der Waals surface area contributed by atoms with Crippen LogP contribution in [0.2, 0.25) is 34.8 Å². The summed E-state index contributed by atoms with van der Waals surface area (Å²) >= 11 is 0. The summed E-state index contributed by atoms with van der Waals surface area (Å²) in [5, 5.41) is 17.5. The van der Waals surface area contributed by atoms with Crippen LogP contribution in [0.25, 0.3) is 0 Å². The minimum absolute atomic E-state index is 0.0344. The predicted octanol–water partition coefficient (Wildman–Crippen LogP) is 10.8. The van der Waals surface area contributed by atoms with Crippen molar-refractivity contribution >= 4 is 52.5 Å². The number of amides is 2. The maximum Gasteiger partial charge on any atom is 0.410 e. The summed E-state index contributed by atoms with van der Waals surface area (Å²) in [6.45, 7) is 35.2. The van der Waals surface area contributed by atoms with E-state index >= 15 is 9.59 Å². The molecule has 4 aliphatic rings. The lowest BCUT2D eigenvalue weighted by Gasteiger charge is -2.68. The molecule has 1 aromatic rings. The van der Waals surface area contributed by atoms with Crippen molar-refractivity contribution in [3.8, 4) is 0 Å². The number of carbonyl (C=O) groups excluding carboxylic acids is 6. The van der Waals surface area contributed by atoms with Crippen molar-refractivity contribution < 1.29 is 71.1 Å². The molecule has 0 aromatic heterocycles. The monoisotopic (exact) mass is 1130 g/mol. The number of hydrogen-bond acceptors (Lipinski definition) is 15. The first-order chi connectivity index (χ1) is 36.0. The van der Waals surface area contributed by atoms with Crippen LogP contribution >= 0.6 is 0 Å². The first-order valence-electron chi connectivity index (χ1n) is 28.1. The highest BCUT2D eigenvalue weighted by molar-refractivity contribution is 6.77. The fourth-order valence-corrected chi connectivity index (χ4v) is 22.1. The molecule has 5 rings (SSSR count). The van der Waals surface area contributed by atoms with Gasteiger partial charge in [0, 0.05) is 39.3 Å². The largest absolute Gasteiger partial charge is 0.456 e. The summed E-state index contributed by atoms with van der Waals surface area (Å²) in [6, 6.07) is 9.15. The van der Waals surface area contributed by atoms with Gasteiger partial charge in [-0.15, -0.1) is 0 Å². The number of esters is 3. The second-order valence-corrected chi connectivity index (χ2v) is 35.6. The van der Waals surface area contributed by atoms with E-state index in [9.17, 15) is 24.3 Å². The third kappa shape index (κ3) is 12.0. The molecule has 3 fully saturated rings. The van der Waals surface area contributed by atoms with Crippen LogP contribution in [0.15, 0.2) is 53.1 Å². The zero-order valence-corrected chi connectivity index (χ0v) is 52.7. The summed E-state index contributed by atoms with van der Waals surface area (Å²) in [5.41, 5.74) is -7.29. The molecular weight excluding hydrogens is 1030 g/mol. The third-order valence-electron chi connectivity index (χ3n) is 17.8. The fraction of sp³-hybridized carbons (Fsp3) is 0.729. The molecular formula is C59H94N2O15Si2. The molecule has 0 radical (unpaired) electrons. The highest BCUT2D eigenvalue weighted by Crippen LogP contribution is 2.65. The first kappa shape index (κ1) is 64.4. The molecule has 438 valence electrons. The SMILES string of the molecule is CC[Si](CC)(CC)O[C@H]1C[C@H]2OC[C@@]2(OC(C)=O)[C@H]2[C@H](OC(=O)c3ccccc3)[C@]3(O)C[C@H](OC(=O)[C@H](O[Si](C(C)C)(C(C)C)C(C)C)[C@H](C=C(C)C)NC(=O)OC(C)(C)C)C(C)=C([C@@H](OC(=O)N(C)C)C(=O)[C@]12C)C3(C)C. The summed E-state index contributed by atoms with van der Waals surface area (Å²) < 4.78 is 53.4. The summed E-state index contributed by atoms with van der Waals surface area (Å²) in [7, 11) is -2.74. The van der Waals surface area contributed by atoms with Crippen molar-refractivity contribution in [1.29, 1.82) is 0 Å². The van der Waals surface area contributed by atoms with Crippen molar-refractivity contribution in [1.82, 2.24) is 10.2 Å². The molecule has 0 spiro atoms. The number of hydrogen-bond donors (Lipinski definition) is 2. The molecule has 17 nitrogen and oxygen atoms in total. The number of benzene rings is 1. The van der Waals surface area contributed by atoms with Gasteiger partial charge in [-0.05, 0) is 107 Å². The molecule has 2 saturated carbocycles. The second kappa shape index (κ2) is 24.0. The number of ketones is 1. The number of alkyl carbamates (subject to hydrolysis) is 1. The van der Waals surface area contributed by atoms with Gasteiger partial charge >= 0.3 is 30.1 Å². The zero-order chi connectivity index (χ0) is 59.1. The van der Waals surface area contributed by atoms with Gasteiger partial charge in [0.15, 0.2) is 31.9 Å². The molecule has 1 aromatic carbocycles. The van der Waals surface area contributed by atoms with E-state index in [0.29, 0.717) is 23.7 Å². The van der Waals surface area contributed by atoms with Gasteiger partial charge in [0.1, 0.15) is 29.5 Å². The van der Waals surface area contributed by atoms with E-state index < -0.39 is 135 Å². The van der Waals surface area contributed by atoms with E-state index in [1.807, 2.05) is 13.8 Å². The first-order valence-corrected chi connectivity index (χ1v) is 32.8. The number of carbonyl (C=O) groups is 6. The van der Waals surface area contributed by atoms with Gasteiger partial charge in [0.2, 0.25) is 8.32 Å². The Hall–Kier alpha value is -4.41. The van der Waals surface area contributed by atoms with Gasteiger partial charge in [0.05, 0.1) is 35.6 Å². The van der Waals surface area contributed by atoms with Crippen LogP contribution in [-0.2, 0) is 51.7 Å². The molecule has 1 heterocycles. The van der Waals surface area contributed by atoms with Crippen LogP contribution in [0.4, 0.5) is 9.59 Å². The molecule has 0 unspecified atom stereocenters. The number of ether oxygens (including phenoxy) is 6. The van der Waals surface area contributed by atoms with E-state index in [1.165, 1.54) is 25.9 Å². The Morgan fingerprint density at radius 2 is 1.45 bits per heavy atom. The Morgan fingerprint density at radius 3 is 1.91 bits per heavy atom. The Bertz CT molecular complexity index is 2410. The van der Waals surface area contributed by atoms with Crippen molar-refractivity contribution in [3.05, 3.63) is 58.7 Å². The Balaban J connectivity index is 1.92. The number of nitrogens with one attached hydrogen (secondary N) is 1. The summed E-state index contributed by atoms with van der Waals surface area (Å²) in [6.07, 6.45) is -8.66. The highest BCUT2D eigenvalue weighted by atomic mass is 28.4. The third-order valence-corrected chi connectivity index (χ3v) is 28.6. The van der Waals surface area contributed by atoms with Crippen LogP contribution in [0.5, 0.6) is 0 Å². The number of fused-ring (bicyclic) bond motifs is 5. The second-order valence-electron chi connectivity index (χ2n) is 25.5. The van der Waals surface area contributed by atoms with Gasteiger partial charge in [-0.25, -0.2) is 19.2 Å². The van der Waals surface area contributed by atoms with Crippen LogP contribution in [0.1, 0.15) is 155 Å². The minimum atomic E-state index is -3.03. The molecule has 2 bridgehead atoms. The molecule has 2 amide bonds. The lowest BCUT2D eigenvalue weighted by molar-refractivity contribution is -0.344. The number of nitrogens with zero attached hydrogens (tertiary/aromatic N) is 1. The van der Waals surface area contributed by atoms with E-state index in [1.54, 1.807) is 84.9 Å². The van der Waals surface area contributed by atoms with Crippen LogP contribution in [-0.4, -0.2) is 143 Å². The summed E-state index contributed by atoms with van der Waals surface area (Å²) in [4.78, 5) is 90.5. The lowest BCUT2D eigenvalue weighted by Crippen LogP contribution is -2.82. The van der Waals surface area contributed by atoms with Gasteiger partial charge < -0.3 is 52.6 Å². The Morgan fingerprint density at radius 1 is 0.885 bits per heavy atom. The molecule has 19 heteroatoms. The van der Waals surface area contributed by atoms with Crippen molar-refractivity contribution in [3.63, 3.8) is 0 Å². The normalized spacial score (nSPS) is 28.7. The van der Waals surface area contributed by atoms with Gasteiger partial charge in [0.25, 0.3) is 0 Å². The molecule has 1 saturated heterocycles. The van der Waals surface area contributed by atoms with Gasteiger partial charge in [-0.2, -0.15) is 0 Å². The summed E-state index contributed by atoms with van der Waals surface area (Å²) in [5.74, 6) is -4.54. The van der Waals surface area contributed by atoms with Crippen LogP contribution in [0.3, 0.4) is 0 Å². The van der Waals surface area contributed by atoms with E-state index in [4.69, 9.17) is 37.3 Å².